The lowest BCUT2D eigenvalue weighted by molar-refractivity contribution is -0.137. The third-order valence-corrected chi connectivity index (χ3v) is 5.92. The summed E-state index contributed by atoms with van der Waals surface area (Å²) in [7, 11) is 2.08. The molecule has 132 valence electrons. The highest BCUT2D eigenvalue weighted by Gasteiger charge is 2.34. The predicted molar refractivity (Wildman–Crippen MR) is 90.4 cm³/mol. The molecule has 0 aliphatic carbocycles. The molecule has 0 spiro atoms. The maximum absolute atomic E-state index is 12.6. The fraction of sp³-hybridized carbons (Fsp3) is 0.941. The first-order valence-corrected chi connectivity index (χ1v) is 9.25. The summed E-state index contributed by atoms with van der Waals surface area (Å²) in [6, 6.07) is 0.769. The lowest BCUT2D eigenvalue weighted by Crippen LogP contribution is -2.55. The SMILES string of the molecule is CN1CCC[C@H]1C(=O)N1CCC(N2CCN(CCO)CC2)CC1. The molecule has 1 atom stereocenters. The van der Waals surface area contributed by atoms with Crippen LogP contribution < -0.4 is 0 Å². The highest BCUT2D eigenvalue weighted by molar-refractivity contribution is 5.82. The lowest BCUT2D eigenvalue weighted by Gasteiger charge is -2.43. The highest BCUT2D eigenvalue weighted by atomic mass is 16.3. The number of nitrogens with zero attached hydrogens (tertiary/aromatic N) is 4. The Morgan fingerprint density at radius 3 is 2.26 bits per heavy atom. The number of carbonyl (C=O) groups excluding carboxylic acids is 1. The van der Waals surface area contributed by atoms with Gasteiger partial charge in [0.05, 0.1) is 12.6 Å². The van der Waals surface area contributed by atoms with Crippen LogP contribution in [0.4, 0.5) is 0 Å². The number of aliphatic hydroxyl groups is 1. The molecule has 6 heteroatoms. The molecule has 3 heterocycles. The minimum absolute atomic E-state index is 0.133. The van der Waals surface area contributed by atoms with Crippen LogP contribution in [-0.2, 0) is 4.79 Å². The second-order valence-corrected chi connectivity index (χ2v) is 7.30. The average molecular weight is 324 g/mol. The number of likely N-dealkylation sites (tertiary alicyclic amines) is 2. The number of hydrogen-bond acceptors (Lipinski definition) is 5. The predicted octanol–water partition coefficient (Wildman–Crippen LogP) is -0.318. The number of aliphatic hydroxyl groups excluding tert-OH is 1. The van der Waals surface area contributed by atoms with Gasteiger partial charge in [-0.15, -0.1) is 0 Å². The molecular weight excluding hydrogens is 292 g/mol. The zero-order chi connectivity index (χ0) is 16.2. The van der Waals surface area contributed by atoms with Crippen LogP contribution in [0.25, 0.3) is 0 Å². The molecule has 0 saturated carbocycles. The summed E-state index contributed by atoms with van der Waals surface area (Å²) in [5.41, 5.74) is 0. The van der Waals surface area contributed by atoms with Gasteiger partial charge in [0.2, 0.25) is 5.91 Å². The number of piperazine rings is 1. The van der Waals surface area contributed by atoms with Crippen LogP contribution in [0.15, 0.2) is 0 Å². The minimum Gasteiger partial charge on any atom is -0.395 e. The summed E-state index contributed by atoms with van der Waals surface area (Å²) in [4.78, 5) is 21.9. The molecule has 1 amide bonds. The molecule has 3 aliphatic rings. The minimum atomic E-state index is 0.133. The number of rotatable bonds is 4. The lowest BCUT2D eigenvalue weighted by atomic mass is 10.0. The van der Waals surface area contributed by atoms with Crippen LogP contribution in [0.5, 0.6) is 0 Å². The van der Waals surface area contributed by atoms with Gasteiger partial charge in [0.25, 0.3) is 0 Å². The second-order valence-electron chi connectivity index (χ2n) is 7.30. The van der Waals surface area contributed by atoms with Gasteiger partial charge >= 0.3 is 0 Å². The standard InChI is InChI=1S/C17H32N4O2/c1-18-6-2-3-16(18)17(23)21-7-4-15(5-8-21)20-11-9-19(10-12-20)13-14-22/h15-16,22H,2-14H2,1H3/t16-/m0/s1. The van der Waals surface area contributed by atoms with E-state index in [-0.39, 0.29) is 12.6 Å². The topological polar surface area (TPSA) is 50.3 Å². The summed E-state index contributed by atoms with van der Waals surface area (Å²) >= 11 is 0. The van der Waals surface area contributed by atoms with Gasteiger partial charge < -0.3 is 10.0 Å². The Kier molecular flexibility index (Phi) is 5.91. The number of β-amino-alcohol motifs (C(OH)–C–C–N with tert-alkyl or cyclic N) is 1. The Morgan fingerprint density at radius 2 is 1.70 bits per heavy atom. The zero-order valence-corrected chi connectivity index (χ0v) is 14.5. The Hall–Kier alpha value is -0.690. The average Bonchev–Trinajstić information content (AvgIpc) is 3.01. The van der Waals surface area contributed by atoms with E-state index < -0.39 is 0 Å². The van der Waals surface area contributed by atoms with Crippen LogP contribution >= 0.6 is 0 Å². The van der Waals surface area contributed by atoms with Gasteiger partial charge in [-0.1, -0.05) is 0 Å². The van der Waals surface area contributed by atoms with E-state index in [1.165, 1.54) is 0 Å². The molecule has 6 nitrogen and oxygen atoms in total. The van der Waals surface area contributed by atoms with E-state index in [1.54, 1.807) is 0 Å². The van der Waals surface area contributed by atoms with Crippen LogP contribution in [0.1, 0.15) is 25.7 Å². The van der Waals surface area contributed by atoms with E-state index in [1.807, 2.05) is 0 Å². The maximum atomic E-state index is 12.6. The fourth-order valence-electron chi connectivity index (χ4n) is 4.38. The van der Waals surface area contributed by atoms with Gasteiger partial charge in [-0.05, 0) is 39.3 Å². The molecule has 0 aromatic heterocycles. The Bertz CT molecular complexity index is 390. The van der Waals surface area contributed by atoms with Crippen molar-refractivity contribution >= 4 is 5.91 Å². The first kappa shape index (κ1) is 17.1. The molecule has 3 rings (SSSR count). The van der Waals surface area contributed by atoms with E-state index in [4.69, 9.17) is 5.11 Å². The first-order chi connectivity index (χ1) is 11.2. The van der Waals surface area contributed by atoms with Gasteiger partial charge in [0.15, 0.2) is 0 Å². The van der Waals surface area contributed by atoms with Crippen LogP contribution in [-0.4, -0.2) is 109 Å². The highest BCUT2D eigenvalue weighted by Crippen LogP contribution is 2.22. The molecule has 0 aromatic carbocycles. The number of hydrogen-bond donors (Lipinski definition) is 1. The van der Waals surface area contributed by atoms with E-state index in [2.05, 4.69) is 26.6 Å². The molecular formula is C17H32N4O2. The van der Waals surface area contributed by atoms with Crippen molar-refractivity contribution in [2.45, 2.75) is 37.8 Å². The fourth-order valence-corrected chi connectivity index (χ4v) is 4.38. The van der Waals surface area contributed by atoms with Crippen molar-refractivity contribution in [3.05, 3.63) is 0 Å². The third-order valence-electron chi connectivity index (χ3n) is 5.92. The Labute approximate surface area is 140 Å². The van der Waals surface area contributed by atoms with Gasteiger partial charge in [-0.25, -0.2) is 0 Å². The quantitative estimate of drug-likeness (QED) is 0.768. The largest absolute Gasteiger partial charge is 0.395 e. The molecule has 0 unspecified atom stereocenters. The summed E-state index contributed by atoms with van der Waals surface area (Å²) in [6.45, 7) is 8.29. The van der Waals surface area contributed by atoms with Crippen LogP contribution in [0.2, 0.25) is 0 Å². The van der Waals surface area contributed by atoms with Crippen molar-refractivity contribution in [1.29, 1.82) is 0 Å². The summed E-state index contributed by atoms with van der Waals surface area (Å²) in [5.74, 6) is 0.358. The summed E-state index contributed by atoms with van der Waals surface area (Å²) in [6.07, 6.45) is 4.41. The van der Waals surface area contributed by atoms with Crippen molar-refractivity contribution in [3.63, 3.8) is 0 Å². The molecule has 0 bridgehead atoms. The van der Waals surface area contributed by atoms with Crippen molar-refractivity contribution < 1.29 is 9.90 Å². The number of carbonyl (C=O) groups is 1. The molecule has 3 fully saturated rings. The van der Waals surface area contributed by atoms with Crippen LogP contribution in [0, 0.1) is 0 Å². The van der Waals surface area contributed by atoms with E-state index in [9.17, 15) is 4.79 Å². The Balaban J connectivity index is 1.43. The third kappa shape index (κ3) is 4.05. The molecule has 23 heavy (non-hydrogen) atoms. The second kappa shape index (κ2) is 7.92. The maximum Gasteiger partial charge on any atom is 0.239 e. The van der Waals surface area contributed by atoms with E-state index in [0.717, 1.165) is 78.0 Å². The van der Waals surface area contributed by atoms with Gasteiger partial charge in [0.1, 0.15) is 0 Å². The number of likely N-dealkylation sites (N-methyl/N-ethyl adjacent to an activating group) is 1. The van der Waals surface area contributed by atoms with Crippen molar-refractivity contribution in [1.82, 2.24) is 19.6 Å². The number of amides is 1. The van der Waals surface area contributed by atoms with E-state index >= 15 is 0 Å². The molecule has 0 aromatic rings. The Morgan fingerprint density at radius 1 is 1.00 bits per heavy atom. The van der Waals surface area contributed by atoms with Crippen LogP contribution in [0.3, 0.4) is 0 Å². The zero-order valence-electron chi connectivity index (χ0n) is 14.5. The van der Waals surface area contributed by atoms with Gasteiger partial charge in [-0.2, -0.15) is 0 Å². The monoisotopic (exact) mass is 324 g/mol. The molecule has 0 radical (unpaired) electrons. The normalized spacial score (nSPS) is 29.3. The van der Waals surface area contributed by atoms with Gasteiger partial charge in [0, 0.05) is 51.9 Å². The first-order valence-electron chi connectivity index (χ1n) is 9.25. The molecule has 3 saturated heterocycles. The van der Waals surface area contributed by atoms with Crippen molar-refractivity contribution in [2.24, 2.45) is 0 Å². The smallest absolute Gasteiger partial charge is 0.239 e. The van der Waals surface area contributed by atoms with Gasteiger partial charge in [-0.3, -0.25) is 19.5 Å². The molecule has 1 N–H and O–H groups in total. The summed E-state index contributed by atoms with van der Waals surface area (Å²) in [5, 5.41) is 9.03. The van der Waals surface area contributed by atoms with Crippen molar-refractivity contribution in [2.75, 3.05) is 66.0 Å². The summed E-state index contributed by atoms with van der Waals surface area (Å²) < 4.78 is 0. The number of piperidine rings is 1. The van der Waals surface area contributed by atoms with E-state index in [0.29, 0.717) is 11.9 Å². The molecule has 3 aliphatic heterocycles. The van der Waals surface area contributed by atoms with Crippen molar-refractivity contribution in [3.8, 4) is 0 Å².